The number of nitrogens with two attached hydrogens (primary N) is 1. The fourth-order valence-electron chi connectivity index (χ4n) is 1.47. The van der Waals surface area contributed by atoms with Gasteiger partial charge < -0.3 is 5.73 Å². The first-order chi connectivity index (χ1) is 7.58. The van der Waals surface area contributed by atoms with Crippen LogP contribution >= 0.6 is 12.2 Å². The van der Waals surface area contributed by atoms with Crippen LogP contribution in [0.15, 0.2) is 24.4 Å². The summed E-state index contributed by atoms with van der Waals surface area (Å²) in [5.41, 5.74) is 8.32. The highest BCUT2D eigenvalue weighted by molar-refractivity contribution is 7.80. The quantitative estimate of drug-likeness (QED) is 0.633. The molecule has 82 valence electrons. The topological polar surface area (TPSA) is 56.7 Å². The van der Waals surface area contributed by atoms with Gasteiger partial charge in [0.15, 0.2) is 0 Å². The summed E-state index contributed by atoms with van der Waals surface area (Å²) in [5, 5.41) is 4.33. The zero-order valence-electron chi connectivity index (χ0n) is 9.14. The van der Waals surface area contributed by atoms with Crippen LogP contribution in [0.1, 0.15) is 12.6 Å². The molecule has 2 heterocycles. The molecule has 2 N–H and O–H groups in total. The number of aryl methyl sites for hydroxylation is 1. The van der Waals surface area contributed by atoms with Crippen molar-refractivity contribution in [3.63, 3.8) is 0 Å². The lowest BCUT2D eigenvalue weighted by molar-refractivity contribution is 0.773. The first kappa shape index (κ1) is 10.8. The normalized spacial score (nSPS) is 10.4. The van der Waals surface area contributed by atoms with Gasteiger partial charge in [0, 0.05) is 23.7 Å². The predicted molar refractivity (Wildman–Crippen MR) is 68.2 cm³/mol. The van der Waals surface area contributed by atoms with E-state index in [1.165, 1.54) is 0 Å². The molecule has 0 aromatic carbocycles. The van der Waals surface area contributed by atoms with Gasteiger partial charge in [-0.1, -0.05) is 12.2 Å². The van der Waals surface area contributed by atoms with Crippen molar-refractivity contribution in [3.05, 3.63) is 30.1 Å². The Bertz CT molecular complexity index is 527. The number of pyridine rings is 1. The Labute approximate surface area is 99.1 Å². The molecule has 0 fully saturated rings. The van der Waals surface area contributed by atoms with Gasteiger partial charge in [-0.2, -0.15) is 5.10 Å². The molecule has 0 aliphatic heterocycles. The molecule has 0 saturated carbocycles. The van der Waals surface area contributed by atoms with Gasteiger partial charge in [0.2, 0.25) is 0 Å². The van der Waals surface area contributed by atoms with Gasteiger partial charge in [-0.25, -0.2) is 4.98 Å². The Balaban J connectivity index is 2.47. The van der Waals surface area contributed by atoms with Crippen molar-refractivity contribution in [1.29, 1.82) is 0 Å². The van der Waals surface area contributed by atoms with Crippen LogP contribution in [-0.2, 0) is 7.05 Å². The van der Waals surface area contributed by atoms with E-state index in [0.717, 1.165) is 21.8 Å². The SMILES string of the molecule is CC(=S)c1cc(-c2ccc(N)nc2)n(C)n1. The van der Waals surface area contributed by atoms with Crippen LogP contribution in [0, 0.1) is 0 Å². The maximum Gasteiger partial charge on any atom is 0.123 e. The Morgan fingerprint density at radius 1 is 1.44 bits per heavy atom. The van der Waals surface area contributed by atoms with E-state index in [0.29, 0.717) is 5.82 Å². The average molecular weight is 232 g/mol. The van der Waals surface area contributed by atoms with Crippen molar-refractivity contribution >= 4 is 22.9 Å². The van der Waals surface area contributed by atoms with Crippen molar-refractivity contribution in [2.45, 2.75) is 6.92 Å². The Kier molecular flexibility index (Phi) is 2.70. The largest absolute Gasteiger partial charge is 0.384 e. The van der Waals surface area contributed by atoms with Gasteiger partial charge in [0.05, 0.1) is 11.4 Å². The fourth-order valence-corrected chi connectivity index (χ4v) is 1.57. The van der Waals surface area contributed by atoms with Gasteiger partial charge >= 0.3 is 0 Å². The third-order valence-corrected chi connectivity index (χ3v) is 2.53. The summed E-state index contributed by atoms with van der Waals surface area (Å²) < 4.78 is 1.79. The molecule has 0 radical (unpaired) electrons. The standard InChI is InChI=1S/C11H12N4S/c1-7(16)9-5-10(15(2)14-9)8-3-4-11(12)13-6-8/h3-6H,1-2H3,(H2,12,13). The molecule has 0 atom stereocenters. The number of nitrogens with zero attached hydrogens (tertiary/aromatic N) is 3. The molecule has 0 bridgehead atoms. The number of hydrogen-bond donors (Lipinski definition) is 1. The van der Waals surface area contributed by atoms with Crippen LogP contribution < -0.4 is 5.73 Å². The molecule has 2 aromatic heterocycles. The molecule has 0 aliphatic carbocycles. The average Bonchev–Trinajstić information content (AvgIpc) is 2.62. The van der Waals surface area contributed by atoms with Gasteiger partial charge in [-0.05, 0) is 25.1 Å². The summed E-state index contributed by atoms with van der Waals surface area (Å²) in [6, 6.07) is 5.64. The summed E-state index contributed by atoms with van der Waals surface area (Å²) in [6.07, 6.45) is 1.73. The van der Waals surface area contributed by atoms with Gasteiger partial charge in [-0.15, -0.1) is 0 Å². The summed E-state index contributed by atoms with van der Waals surface area (Å²) in [7, 11) is 1.88. The van der Waals surface area contributed by atoms with Crippen molar-refractivity contribution < 1.29 is 0 Å². The fraction of sp³-hybridized carbons (Fsp3) is 0.182. The lowest BCUT2D eigenvalue weighted by Gasteiger charge is -2.00. The maximum atomic E-state index is 5.54. The first-order valence-electron chi connectivity index (χ1n) is 4.85. The number of aromatic nitrogens is 3. The maximum absolute atomic E-state index is 5.54. The van der Waals surface area contributed by atoms with E-state index >= 15 is 0 Å². The molecule has 4 nitrogen and oxygen atoms in total. The minimum atomic E-state index is 0.511. The van der Waals surface area contributed by atoms with E-state index in [1.807, 2.05) is 26.1 Å². The van der Waals surface area contributed by atoms with Gasteiger partial charge in [-0.3, -0.25) is 4.68 Å². The Hall–Kier alpha value is -1.75. The van der Waals surface area contributed by atoms with E-state index in [1.54, 1.807) is 16.9 Å². The number of anilines is 1. The van der Waals surface area contributed by atoms with E-state index in [9.17, 15) is 0 Å². The van der Waals surface area contributed by atoms with Crippen LogP contribution in [0.2, 0.25) is 0 Å². The van der Waals surface area contributed by atoms with Crippen LogP contribution in [0.25, 0.3) is 11.3 Å². The summed E-state index contributed by atoms with van der Waals surface area (Å²) in [4.78, 5) is 4.84. The first-order valence-corrected chi connectivity index (χ1v) is 5.25. The highest BCUT2D eigenvalue weighted by Crippen LogP contribution is 2.19. The zero-order valence-corrected chi connectivity index (χ0v) is 9.95. The second kappa shape index (κ2) is 4.02. The number of hydrogen-bond acceptors (Lipinski definition) is 4. The molecule has 2 rings (SSSR count). The highest BCUT2D eigenvalue weighted by atomic mass is 32.1. The molecule has 0 saturated heterocycles. The number of thiocarbonyl (C=S) groups is 1. The minimum absolute atomic E-state index is 0.511. The second-order valence-corrected chi connectivity index (χ2v) is 4.18. The van der Waals surface area contributed by atoms with Crippen LogP contribution in [0.4, 0.5) is 5.82 Å². The summed E-state index contributed by atoms with van der Waals surface area (Å²) in [5.74, 6) is 0.511. The summed E-state index contributed by atoms with van der Waals surface area (Å²) in [6.45, 7) is 1.86. The predicted octanol–water partition coefficient (Wildman–Crippen LogP) is 1.80. The number of rotatable bonds is 2. The van der Waals surface area contributed by atoms with Crippen LogP contribution in [-0.4, -0.2) is 19.6 Å². The monoisotopic (exact) mass is 232 g/mol. The Morgan fingerprint density at radius 3 is 2.69 bits per heavy atom. The van der Waals surface area contributed by atoms with Gasteiger partial charge in [0.1, 0.15) is 5.82 Å². The van der Waals surface area contributed by atoms with Crippen molar-refractivity contribution in [1.82, 2.24) is 14.8 Å². The molecule has 5 heteroatoms. The third-order valence-electron chi connectivity index (χ3n) is 2.32. The smallest absolute Gasteiger partial charge is 0.123 e. The molecule has 2 aromatic rings. The lowest BCUT2D eigenvalue weighted by atomic mass is 10.2. The van der Waals surface area contributed by atoms with Crippen molar-refractivity contribution in [2.75, 3.05) is 5.73 Å². The molecule has 0 spiro atoms. The molecular formula is C11H12N4S. The van der Waals surface area contributed by atoms with E-state index in [4.69, 9.17) is 18.0 Å². The third kappa shape index (κ3) is 1.94. The molecule has 0 aliphatic rings. The molecule has 0 amide bonds. The van der Waals surface area contributed by atoms with Crippen LogP contribution in [0.3, 0.4) is 0 Å². The summed E-state index contributed by atoms with van der Waals surface area (Å²) >= 11 is 5.09. The lowest BCUT2D eigenvalue weighted by Crippen LogP contribution is -1.97. The van der Waals surface area contributed by atoms with Gasteiger partial charge in [0.25, 0.3) is 0 Å². The molecular weight excluding hydrogens is 220 g/mol. The molecule has 0 unspecified atom stereocenters. The van der Waals surface area contributed by atoms with E-state index in [-0.39, 0.29) is 0 Å². The Morgan fingerprint density at radius 2 is 2.19 bits per heavy atom. The van der Waals surface area contributed by atoms with Crippen LogP contribution in [0.5, 0.6) is 0 Å². The molecule has 16 heavy (non-hydrogen) atoms. The van der Waals surface area contributed by atoms with E-state index < -0.39 is 0 Å². The second-order valence-electron chi connectivity index (χ2n) is 3.57. The van der Waals surface area contributed by atoms with E-state index in [2.05, 4.69) is 10.1 Å². The van der Waals surface area contributed by atoms with Crippen molar-refractivity contribution in [2.24, 2.45) is 7.05 Å². The minimum Gasteiger partial charge on any atom is -0.384 e. The highest BCUT2D eigenvalue weighted by Gasteiger charge is 2.08. The van der Waals surface area contributed by atoms with Crippen molar-refractivity contribution in [3.8, 4) is 11.3 Å². The number of nitrogen functional groups attached to an aromatic ring is 1. The zero-order chi connectivity index (χ0) is 11.7.